The van der Waals surface area contributed by atoms with Crippen molar-refractivity contribution < 1.29 is 9.59 Å². The third-order valence-corrected chi connectivity index (χ3v) is 6.67. The molecule has 0 bridgehead atoms. The fourth-order valence-corrected chi connectivity index (χ4v) is 5.99. The van der Waals surface area contributed by atoms with E-state index < -0.39 is 10.8 Å². The van der Waals surface area contributed by atoms with Crippen LogP contribution >= 0.6 is 0 Å². The Morgan fingerprint density at radius 2 is 1.38 bits per heavy atom. The van der Waals surface area contributed by atoms with Crippen molar-refractivity contribution in [2.75, 3.05) is 7.05 Å². The Labute approximate surface area is 141 Å². The molecule has 2 atom stereocenters. The second-order valence-corrected chi connectivity index (χ2v) is 7.98. The SMILES string of the molecule is CN1C(=O)[C@@]23c4ccccc4-c4ccccc4[C@@]2(CC3(C)C)C1=O. The number of rotatable bonds is 0. The van der Waals surface area contributed by atoms with Crippen molar-refractivity contribution in [3.8, 4) is 11.1 Å². The van der Waals surface area contributed by atoms with Crippen molar-refractivity contribution in [2.24, 2.45) is 5.41 Å². The molecule has 2 amide bonds. The molecule has 24 heavy (non-hydrogen) atoms. The Morgan fingerprint density at radius 1 is 0.833 bits per heavy atom. The van der Waals surface area contributed by atoms with Crippen LogP contribution in [0.3, 0.4) is 0 Å². The second kappa shape index (κ2) is 3.80. The molecule has 1 saturated carbocycles. The first kappa shape index (κ1) is 14.0. The van der Waals surface area contributed by atoms with E-state index in [0.29, 0.717) is 6.42 Å². The molecule has 3 heteroatoms. The summed E-state index contributed by atoms with van der Waals surface area (Å²) in [4.78, 5) is 28.1. The Balaban J connectivity index is 2.01. The van der Waals surface area contributed by atoms with E-state index in [0.717, 1.165) is 22.3 Å². The van der Waals surface area contributed by atoms with Gasteiger partial charge in [-0.05, 0) is 34.1 Å². The third-order valence-electron chi connectivity index (χ3n) is 6.67. The molecule has 2 aliphatic carbocycles. The molecule has 0 radical (unpaired) electrons. The van der Waals surface area contributed by atoms with Gasteiger partial charge in [0.1, 0.15) is 0 Å². The molecule has 0 spiro atoms. The van der Waals surface area contributed by atoms with Crippen LogP contribution in [0.15, 0.2) is 48.5 Å². The average Bonchev–Trinajstić information content (AvgIpc) is 2.73. The lowest BCUT2D eigenvalue weighted by Gasteiger charge is -2.65. The minimum Gasteiger partial charge on any atom is -0.284 e. The topological polar surface area (TPSA) is 37.4 Å². The molecular weight excluding hydrogens is 298 g/mol. The van der Waals surface area contributed by atoms with Crippen LogP contribution in [0.1, 0.15) is 31.4 Å². The van der Waals surface area contributed by atoms with Crippen molar-refractivity contribution in [1.29, 1.82) is 0 Å². The van der Waals surface area contributed by atoms with Gasteiger partial charge in [0, 0.05) is 7.05 Å². The van der Waals surface area contributed by atoms with E-state index >= 15 is 0 Å². The zero-order valence-electron chi connectivity index (χ0n) is 14.1. The summed E-state index contributed by atoms with van der Waals surface area (Å²) in [6, 6.07) is 16.2. The van der Waals surface area contributed by atoms with E-state index in [-0.39, 0.29) is 17.2 Å². The Bertz CT molecular complexity index is 944. The van der Waals surface area contributed by atoms with Gasteiger partial charge >= 0.3 is 0 Å². The minimum absolute atomic E-state index is 0.0474. The summed E-state index contributed by atoms with van der Waals surface area (Å²) in [5, 5.41) is 0. The maximum atomic E-state index is 13.4. The summed E-state index contributed by atoms with van der Waals surface area (Å²) in [7, 11) is 1.64. The van der Waals surface area contributed by atoms with Gasteiger partial charge in [0.15, 0.2) is 0 Å². The molecule has 120 valence electrons. The number of likely N-dealkylation sites (tertiary alicyclic amines) is 1. The highest BCUT2D eigenvalue weighted by Crippen LogP contribution is 2.76. The molecule has 3 nitrogen and oxygen atoms in total. The molecule has 0 aromatic heterocycles. The smallest absolute Gasteiger partial charge is 0.241 e. The first-order valence-corrected chi connectivity index (χ1v) is 8.41. The van der Waals surface area contributed by atoms with E-state index in [1.165, 1.54) is 4.90 Å². The Kier molecular flexibility index (Phi) is 2.21. The van der Waals surface area contributed by atoms with E-state index in [9.17, 15) is 9.59 Å². The number of benzene rings is 2. The zero-order valence-corrected chi connectivity index (χ0v) is 14.1. The molecule has 2 aromatic carbocycles. The molecule has 3 aliphatic rings. The van der Waals surface area contributed by atoms with Gasteiger partial charge in [-0.2, -0.15) is 0 Å². The van der Waals surface area contributed by atoms with E-state index in [1.54, 1.807) is 7.05 Å². The first-order chi connectivity index (χ1) is 11.4. The van der Waals surface area contributed by atoms with Crippen molar-refractivity contribution >= 4 is 11.8 Å². The van der Waals surface area contributed by atoms with Gasteiger partial charge in [0.2, 0.25) is 11.8 Å². The molecule has 0 unspecified atom stereocenters. The summed E-state index contributed by atoms with van der Waals surface area (Å²) < 4.78 is 0. The van der Waals surface area contributed by atoms with Gasteiger partial charge in [-0.15, -0.1) is 0 Å². The van der Waals surface area contributed by atoms with Crippen LogP contribution in [-0.4, -0.2) is 23.8 Å². The van der Waals surface area contributed by atoms with Crippen LogP contribution in [0.2, 0.25) is 0 Å². The average molecular weight is 317 g/mol. The lowest BCUT2D eigenvalue weighted by Crippen LogP contribution is -2.72. The largest absolute Gasteiger partial charge is 0.284 e. The summed E-state index contributed by atoms with van der Waals surface area (Å²) in [5.74, 6) is -0.0977. The number of likely N-dealkylation sites (N-methyl/N-ethyl adjacent to an activating group) is 1. The summed E-state index contributed by atoms with van der Waals surface area (Å²) >= 11 is 0. The third kappa shape index (κ3) is 1.07. The van der Waals surface area contributed by atoms with Crippen LogP contribution < -0.4 is 0 Å². The van der Waals surface area contributed by atoms with Gasteiger partial charge in [0.25, 0.3) is 0 Å². The van der Waals surface area contributed by atoms with E-state index in [2.05, 4.69) is 26.0 Å². The number of hydrogen-bond donors (Lipinski definition) is 0. The maximum absolute atomic E-state index is 13.4. The fourth-order valence-electron chi connectivity index (χ4n) is 5.99. The summed E-state index contributed by atoms with van der Waals surface area (Å²) in [6.07, 6.45) is 0.709. The van der Waals surface area contributed by atoms with Crippen LogP contribution in [-0.2, 0) is 20.4 Å². The first-order valence-electron chi connectivity index (χ1n) is 8.41. The zero-order chi connectivity index (χ0) is 16.9. The predicted molar refractivity (Wildman–Crippen MR) is 91.4 cm³/mol. The fraction of sp³-hybridized carbons (Fsp3) is 0.333. The molecule has 1 aliphatic heterocycles. The highest BCUT2D eigenvalue weighted by atomic mass is 16.2. The second-order valence-electron chi connectivity index (χ2n) is 7.98. The minimum atomic E-state index is -0.781. The summed E-state index contributed by atoms with van der Waals surface area (Å²) in [6.45, 7) is 4.25. The van der Waals surface area contributed by atoms with E-state index in [1.807, 2.05) is 36.4 Å². The number of imide groups is 1. The number of hydrogen-bond acceptors (Lipinski definition) is 2. The normalized spacial score (nSPS) is 31.7. The lowest BCUT2D eigenvalue weighted by atomic mass is 9.32. The monoisotopic (exact) mass is 317 g/mol. The standard InChI is InChI=1S/C21H19NO2/c1-19(2)12-20-15-10-6-4-8-13(15)14-9-5-7-11-16(14)21(19,20)18(24)22(3)17(20)23/h4-11H,12H2,1-3H3/t20-,21+/m0/s1. The van der Waals surface area contributed by atoms with Gasteiger partial charge < -0.3 is 0 Å². The molecule has 5 rings (SSSR count). The van der Waals surface area contributed by atoms with Crippen molar-refractivity contribution in [1.82, 2.24) is 4.90 Å². The molecular formula is C21H19NO2. The van der Waals surface area contributed by atoms with Crippen LogP contribution in [0.25, 0.3) is 11.1 Å². The van der Waals surface area contributed by atoms with Crippen LogP contribution in [0, 0.1) is 5.41 Å². The van der Waals surface area contributed by atoms with Crippen molar-refractivity contribution in [2.45, 2.75) is 31.1 Å². The van der Waals surface area contributed by atoms with E-state index in [4.69, 9.17) is 0 Å². The summed E-state index contributed by atoms with van der Waals surface area (Å²) in [5.41, 5.74) is 2.44. The molecule has 0 N–H and O–H groups in total. The van der Waals surface area contributed by atoms with Gasteiger partial charge in [-0.3, -0.25) is 14.5 Å². The molecule has 1 saturated heterocycles. The van der Waals surface area contributed by atoms with Gasteiger partial charge in [0.05, 0.1) is 10.8 Å². The Morgan fingerprint density at radius 3 is 2.00 bits per heavy atom. The number of carbonyl (C=O) groups excluding carboxylic acids is 2. The highest BCUT2D eigenvalue weighted by molar-refractivity contribution is 6.20. The number of carbonyl (C=O) groups is 2. The molecule has 1 heterocycles. The van der Waals surface area contributed by atoms with Crippen LogP contribution in [0.4, 0.5) is 0 Å². The number of fused-ring (bicyclic) bond motifs is 3. The highest BCUT2D eigenvalue weighted by Gasteiger charge is 2.84. The molecule has 2 fully saturated rings. The van der Waals surface area contributed by atoms with Gasteiger partial charge in [-0.1, -0.05) is 62.4 Å². The van der Waals surface area contributed by atoms with Crippen molar-refractivity contribution in [3.05, 3.63) is 59.7 Å². The molecule has 2 aromatic rings. The quantitative estimate of drug-likeness (QED) is 0.699. The van der Waals surface area contributed by atoms with Gasteiger partial charge in [-0.25, -0.2) is 0 Å². The number of nitrogens with zero attached hydrogens (tertiary/aromatic N) is 1. The lowest BCUT2D eigenvalue weighted by molar-refractivity contribution is -0.148. The predicted octanol–water partition coefficient (Wildman–Crippen LogP) is 3.27. The maximum Gasteiger partial charge on any atom is 0.241 e. The van der Waals surface area contributed by atoms with Crippen LogP contribution in [0.5, 0.6) is 0 Å². The number of amides is 2. The Hall–Kier alpha value is -2.42. The van der Waals surface area contributed by atoms with Crippen molar-refractivity contribution in [3.63, 3.8) is 0 Å².